The molecule has 2 heteroatoms. The molecule has 0 amide bonds. The van der Waals surface area contributed by atoms with E-state index in [4.69, 9.17) is 16.3 Å². The number of hydrogen-bond donors (Lipinski definition) is 0. The molecule has 0 aliphatic heterocycles. The van der Waals surface area contributed by atoms with Crippen LogP contribution in [0.1, 0.15) is 49.7 Å². The fourth-order valence-electron chi connectivity index (χ4n) is 2.72. The van der Waals surface area contributed by atoms with Crippen molar-refractivity contribution in [1.82, 2.24) is 0 Å². The third kappa shape index (κ3) is 2.30. The van der Waals surface area contributed by atoms with Crippen molar-refractivity contribution in [2.24, 2.45) is 5.92 Å². The lowest BCUT2D eigenvalue weighted by molar-refractivity contribution is 0.295. The summed E-state index contributed by atoms with van der Waals surface area (Å²) in [5.41, 5.74) is 2.82. The van der Waals surface area contributed by atoms with Gasteiger partial charge in [0.25, 0.3) is 0 Å². The molecular formula is C15H19ClO. The summed E-state index contributed by atoms with van der Waals surface area (Å²) < 4.78 is 5.98. The molecule has 0 aromatic heterocycles. The Morgan fingerprint density at radius 2 is 2.12 bits per heavy atom. The highest BCUT2D eigenvalue weighted by Crippen LogP contribution is 2.41. The maximum Gasteiger partial charge on any atom is 0.141 e. The predicted octanol–water partition coefficient (Wildman–Crippen LogP) is 4.57. The Labute approximate surface area is 108 Å². The van der Waals surface area contributed by atoms with E-state index in [1.165, 1.54) is 36.8 Å². The van der Waals surface area contributed by atoms with Crippen molar-refractivity contribution in [3.05, 3.63) is 28.3 Å². The maximum absolute atomic E-state index is 6.29. The normalized spacial score (nSPS) is 23.3. The lowest BCUT2D eigenvalue weighted by Crippen LogP contribution is -2.11. The Balaban J connectivity index is 1.90. The van der Waals surface area contributed by atoms with Crippen molar-refractivity contribution in [3.8, 4) is 5.75 Å². The molecule has 1 aromatic rings. The lowest BCUT2D eigenvalue weighted by Gasteiger charge is -2.25. The van der Waals surface area contributed by atoms with E-state index in [1.54, 1.807) is 0 Å². The first-order valence-electron chi connectivity index (χ1n) is 6.70. The molecule has 0 unspecified atom stereocenters. The zero-order chi connectivity index (χ0) is 11.8. The van der Waals surface area contributed by atoms with E-state index in [-0.39, 0.29) is 0 Å². The molecule has 0 N–H and O–H groups in total. The minimum absolute atomic E-state index is 0.652. The van der Waals surface area contributed by atoms with Crippen LogP contribution < -0.4 is 4.74 Å². The van der Waals surface area contributed by atoms with E-state index < -0.39 is 0 Å². The fourth-order valence-corrected chi connectivity index (χ4v) is 2.95. The van der Waals surface area contributed by atoms with Gasteiger partial charge >= 0.3 is 0 Å². The third-order valence-electron chi connectivity index (χ3n) is 4.00. The van der Waals surface area contributed by atoms with Crippen LogP contribution in [0.2, 0.25) is 5.02 Å². The molecule has 0 bridgehead atoms. The first-order valence-corrected chi connectivity index (χ1v) is 7.07. The maximum atomic E-state index is 6.29. The summed E-state index contributed by atoms with van der Waals surface area (Å²) in [7, 11) is 0. The zero-order valence-electron chi connectivity index (χ0n) is 10.3. The minimum atomic E-state index is 0.652. The van der Waals surface area contributed by atoms with Crippen LogP contribution in [-0.4, -0.2) is 6.61 Å². The van der Waals surface area contributed by atoms with Gasteiger partial charge in [0.15, 0.2) is 0 Å². The molecule has 2 aliphatic carbocycles. The van der Waals surface area contributed by atoms with Crippen molar-refractivity contribution >= 4 is 11.6 Å². The van der Waals surface area contributed by atoms with Crippen LogP contribution in [0, 0.1) is 5.92 Å². The van der Waals surface area contributed by atoms with E-state index in [9.17, 15) is 0 Å². The van der Waals surface area contributed by atoms with E-state index in [2.05, 4.69) is 13.0 Å². The van der Waals surface area contributed by atoms with Gasteiger partial charge in [-0.25, -0.2) is 0 Å². The van der Waals surface area contributed by atoms with Gasteiger partial charge in [0.1, 0.15) is 5.75 Å². The lowest BCUT2D eigenvalue weighted by atomic mass is 9.83. The van der Waals surface area contributed by atoms with E-state index in [1.807, 2.05) is 6.07 Å². The van der Waals surface area contributed by atoms with Gasteiger partial charge < -0.3 is 4.74 Å². The topological polar surface area (TPSA) is 9.23 Å². The Morgan fingerprint density at radius 1 is 1.29 bits per heavy atom. The van der Waals surface area contributed by atoms with E-state index in [0.29, 0.717) is 5.92 Å². The molecule has 17 heavy (non-hydrogen) atoms. The SMILES string of the molecule is C[C@H]1CCCc2c1ccc(Cl)c2OCC1CC1. The summed E-state index contributed by atoms with van der Waals surface area (Å²) in [6, 6.07) is 4.19. The summed E-state index contributed by atoms with van der Waals surface area (Å²) in [6.45, 7) is 3.15. The monoisotopic (exact) mass is 250 g/mol. The fraction of sp³-hybridized carbons (Fsp3) is 0.600. The molecule has 1 fully saturated rings. The molecule has 1 nitrogen and oxygen atoms in total. The van der Waals surface area contributed by atoms with Gasteiger partial charge in [-0.1, -0.05) is 24.6 Å². The van der Waals surface area contributed by atoms with Crippen molar-refractivity contribution in [2.75, 3.05) is 6.61 Å². The second kappa shape index (κ2) is 4.53. The van der Waals surface area contributed by atoms with Gasteiger partial charge in [-0.15, -0.1) is 0 Å². The number of rotatable bonds is 3. The zero-order valence-corrected chi connectivity index (χ0v) is 11.1. The molecule has 0 spiro atoms. The molecule has 92 valence electrons. The standard InChI is InChI=1S/C15H19ClO/c1-10-3-2-4-13-12(10)7-8-14(16)15(13)17-9-11-5-6-11/h7-8,10-11H,2-6,9H2,1H3/t10-/m0/s1. The van der Waals surface area contributed by atoms with Gasteiger partial charge in [0, 0.05) is 0 Å². The summed E-state index contributed by atoms with van der Waals surface area (Å²) >= 11 is 6.29. The quantitative estimate of drug-likeness (QED) is 0.764. The molecule has 1 saturated carbocycles. The van der Waals surface area contributed by atoms with Crippen molar-refractivity contribution in [2.45, 2.75) is 44.9 Å². The largest absolute Gasteiger partial charge is 0.491 e. The Hall–Kier alpha value is -0.690. The average Bonchev–Trinajstić information content (AvgIpc) is 3.12. The molecular weight excluding hydrogens is 232 g/mol. The van der Waals surface area contributed by atoms with Crippen LogP contribution in [-0.2, 0) is 6.42 Å². The van der Waals surface area contributed by atoms with Gasteiger partial charge in [-0.3, -0.25) is 0 Å². The van der Waals surface area contributed by atoms with Gasteiger partial charge in [0.05, 0.1) is 11.6 Å². The Kier molecular flexibility index (Phi) is 3.04. The van der Waals surface area contributed by atoms with Crippen molar-refractivity contribution < 1.29 is 4.74 Å². The minimum Gasteiger partial charge on any atom is -0.491 e. The number of ether oxygens (including phenoxy) is 1. The molecule has 2 aliphatic rings. The van der Waals surface area contributed by atoms with Crippen LogP contribution in [0.4, 0.5) is 0 Å². The molecule has 1 atom stereocenters. The van der Waals surface area contributed by atoms with Crippen LogP contribution in [0.3, 0.4) is 0 Å². The highest BCUT2D eigenvalue weighted by molar-refractivity contribution is 6.32. The highest BCUT2D eigenvalue weighted by atomic mass is 35.5. The molecule has 3 rings (SSSR count). The van der Waals surface area contributed by atoms with Crippen molar-refractivity contribution in [1.29, 1.82) is 0 Å². The first kappa shape index (κ1) is 11.4. The Morgan fingerprint density at radius 3 is 2.88 bits per heavy atom. The number of hydrogen-bond acceptors (Lipinski definition) is 1. The number of fused-ring (bicyclic) bond motifs is 1. The number of halogens is 1. The number of benzene rings is 1. The first-order chi connectivity index (χ1) is 8.25. The second-order valence-electron chi connectivity index (χ2n) is 5.49. The van der Waals surface area contributed by atoms with Crippen molar-refractivity contribution in [3.63, 3.8) is 0 Å². The summed E-state index contributed by atoms with van der Waals surface area (Å²) in [5.74, 6) is 2.41. The van der Waals surface area contributed by atoms with Gasteiger partial charge in [-0.2, -0.15) is 0 Å². The smallest absolute Gasteiger partial charge is 0.141 e. The van der Waals surface area contributed by atoms with Gasteiger partial charge in [0.2, 0.25) is 0 Å². The molecule has 0 heterocycles. The van der Waals surface area contributed by atoms with Crippen LogP contribution >= 0.6 is 11.6 Å². The second-order valence-corrected chi connectivity index (χ2v) is 5.90. The summed E-state index contributed by atoms with van der Waals surface area (Å²) in [6.07, 6.45) is 6.32. The molecule has 0 saturated heterocycles. The van der Waals surface area contributed by atoms with Crippen LogP contribution in [0.25, 0.3) is 0 Å². The highest BCUT2D eigenvalue weighted by Gasteiger charge is 2.25. The van der Waals surface area contributed by atoms with E-state index >= 15 is 0 Å². The summed E-state index contributed by atoms with van der Waals surface area (Å²) in [4.78, 5) is 0. The Bertz CT molecular complexity index is 423. The predicted molar refractivity (Wildman–Crippen MR) is 71.0 cm³/mol. The molecule has 0 radical (unpaired) electrons. The van der Waals surface area contributed by atoms with E-state index in [0.717, 1.165) is 29.7 Å². The summed E-state index contributed by atoms with van der Waals surface area (Å²) in [5, 5.41) is 0.790. The average molecular weight is 251 g/mol. The van der Waals surface area contributed by atoms with Crippen LogP contribution in [0.5, 0.6) is 5.75 Å². The molecule has 1 aromatic carbocycles. The van der Waals surface area contributed by atoms with Crippen LogP contribution in [0.15, 0.2) is 12.1 Å². The third-order valence-corrected chi connectivity index (χ3v) is 4.30. The van der Waals surface area contributed by atoms with Gasteiger partial charge in [-0.05, 0) is 61.1 Å².